The molecule has 0 spiro atoms. The second-order valence-electron chi connectivity index (χ2n) is 4.93. The van der Waals surface area contributed by atoms with Crippen molar-refractivity contribution in [3.05, 3.63) is 64.9 Å². The van der Waals surface area contributed by atoms with Crippen LogP contribution in [0.2, 0.25) is 5.15 Å². The SMILES string of the molecule is Cc1ccnc(Cl)c1NCc1c(O)ccc2ccccc12. The number of anilines is 1. The Hall–Kier alpha value is -2.26. The molecule has 2 aromatic carbocycles. The van der Waals surface area contributed by atoms with Gasteiger partial charge in [-0.2, -0.15) is 0 Å². The van der Waals surface area contributed by atoms with Gasteiger partial charge in [0.15, 0.2) is 5.15 Å². The zero-order valence-corrected chi connectivity index (χ0v) is 12.4. The molecule has 0 fully saturated rings. The molecule has 0 atom stereocenters. The van der Waals surface area contributed by atoms with Gasteiger partial charge in [-0.15, -0.1) is 0 Å². The van der Waals surface area contributed by atoms with E-state index in [4.69, 9.17) is 11.6 Å². The highest BCUT2D eigenvalue weighted by atomic mass is 35.5. The number of nitrogens with one attached hydrogen (secondary N) is 1. The number of hydrogen-bond acceptors (Lipinski definition) is 3. The largest absolute Gasteiger partial charge is 0.508 e. The summed E-state index contributed by atoms with van der Waals surface area (Å²) in [4.78, 5) is 4.08. The summed E-state index contributed by atoms with van der Waals surface area (Å²) in [6.07, 6.45) is 1.68. The van der Waals surface area contributed by atoms with E-state index in [1.165, 1.54) is 0 Å². The number of phenolic OH excluding ortho intramolecular Hbond substituents is 1. The summed E-state index contributed by atoms with van der Waals surface area (Å²) in [5, 5.41) is 16.0. The average molecular weight is 299 g/mol. The van der Waals surface area contributed by atoms with E-state index in [2.05, 4.69) is 10.3 Å². The highest BCUT2D eigenvalue weighted by Gasteiger charge is 2.09. The number of nitrogens with zero attached hydrogens (tertiary/aromatic N) is 1. The average Bonchev–Trinajstić information content (AvgIpc) is 2.48. The first-order valence-corrected chi connectivity index (χ1v) is 7.09. The third-order valence-electron chi connectivity index (χ3n) is 3.57. The Labute approximate surface area is 128 Å². The summed E-state index contributed by atoms with van der Waals surface area (Å²) in [5.41, 5.74) is 2.67. The second-order valence-corrected chi connectivity index (χ2v) is 5.29. The Morgan fingerprint density at radius 3 is 2.76 bits per heavy atom. The van der Waals surface area contributed by atoms with Gasteiger partial charge in [-0.05, 0) is 35.4 Å². The lowest BCUT2D eigenvalue weighted by molar-refractivity contribution is 0.470. The van der Waals surface area contributed by atoms with Crippen molar-refractivity contribution in [1.82, 2.24) is 4.98 Å². The highest BCUT2D eigenvalue weighted by molar-refractivity contribution is 6.32. The lowest BCUT2D eigenvalue weighted by Gasteiger charge is -2.13. The van der Waals surface area contributed by atoms with Gasteiger partial charge in [-0.25, -0.2) is 4.98 Å². The summed E-state index contributed by atoms with van der Waals surface area (Å²) in [7, 11) is 0. The smallest absolute Gasteiger partial charge is 0.152 e. The van der Waals surface area contributed by atoms with Crippen molar-refractivity contribution in [1.29, 1.82) is 0 Å². The molecule has 3 rings (SSSR count). The third kappa shape index (κ3) is 2.65. The van der Waals surface area contributed by atoms with Crippen LogP contribution in [0.15, 0.2) is 48.7 Å². The Morgan fingerprint density at radius 2 is 1.95 bits per heavy atom. The van der Waals surface area contributed by atoms with E-state index in [1.54, 1.807) is 12.3 Å². The molecule has 0 amide bonds. The van der Waals surface area contributed by atoms with Crippen LogP contribution in [0, 0.1) is 6.92 Å². The fourth-order valence-corrected chi connectivity index (χ4v) is 2.70. The molecule has 0 aliphatic carbocycles. The molecule has 0 bridgehead atoms. The van der Waals surface area contributed by atoms with Crippen molar-refractivity contribution in [3.63, 3.8) is 0 Å². The third-order valence-corrected chi connectivity index (χ3v) is 3.86. The molecule has 3 nitrogen and oxygen atoms in total. The van der Waals surface area contributed by atoms with E-state index in [0.29, 0.717) is 11.7 Å². The first kappa shape index (κ1) is 13.7. The molecule has 1 aromatic heterocycles. The van der Waals surface area contributed by atoms with Crippen LogP contribution in [0.1, 0.15) is 11.1 Å². The fraction of sp³-hybridized carbons (Fsp3) is 0.118. The number of hydrogen-bond donors (Lipinski definition) is 2. The number of pyridine rings is 1. The van der Waals surface area contributed by atoms with Crippen LogP contribution in [-0.2, 0) is 6.54 Å². The van der Waals surface area contributed by atoms with Gasteiger partial charge in [0.1, 0.15) is 5.75 Å². The van der Waals surface area contributed by atoms with Gasteiger partial charge in [0.05, 0.1) is 5.69 Å². The molecule has 0 saturated heterocycles. The van der Waals surface area contributed by atoms with Crippen molar-refractivity contribution in [2.45, 2.75) is 13.5 Å². The lowest BCUT2D eigenvalue weighted by atomic mass is 10.0. The Bertz CT molecular complexity index is 782. The zero-order valence-electron chi connectivity index (χ0n) is 11.6. The Kier molecular flexibility index (Phi) is 3.67. The minimum atomic E-state index is 0.277. The predicted octanol–water partition coefficient (Wildman–Crippen LogP) is 4.51. The van der Waals surface area contributed by atoms with Crippen molar-refractivity contribution in [2.24, 2.45) is 0 Å². The molecule has 0 aliphatic heterocycles. The van der Waals surface area contributed by atoms with Gasteiger partial charge in [0.25, 0.3) is 0 Å². The van der Waals surface area contributed by atoms with Gasteiger partial charge in [-0.1, -0.05) is 41.9 Å². The molecule has 2 N–H and O–H groups in total. The normalized spacial score (nSPS) is 10.8. The summed E-state index contributed by atoms with van der Waals surface area (Å²) in [6.45, 7) is 2.46. The van der Waals surface area contributed by atoms with E-state index in [0.717, 1.165) is 27.6 Å². The van der Waals surface area contributed by atoms with Crippen LogP contribution >= 0.6 is 11.6 Å². The maximum absolute atomic E-state index is 10.1. The quantitative estimate of drug-likeness (QED) is 0.699. The molecule has 0 saturated carbocycles. The lowest BCUT2D eigenvalue weighted by Crippen LogP contribution is -2.03. The molecular weight excluding hydrogens is 284 g/mol. The standard InChI is InChI=1S/C17H15ClN2O/c1-11-8-9-19-17(18)16(11)20-10-14-13-5-3-2-4-12(13)6-7-15(14)21/h2-9,20-21H,10H2,1H3. The number of benzene rings is 2. The molecule has 1 heterocycles. The van der Waals surface area contributed by atoms with E-state index < -0.39 is 0 Å². The molecule has 106 valence electrons. The maximum atomic E-state index is 10.1. The van der Waals surface area contributed by atoms with Crippen molar-refractivity contribution in [2.75, 3.05) is 5.32 Å². The van der Waals surface area contributed by atoms with Gasteiger partial charge in [0.2, 0.25) is 0 Å². The monoisotopic (exact) mass is 298 g/mol. The number of aryl methyl sites for hydroxylation is 1. The second kappa shape index (κ2) is 5.62. The highest BCUT2D eigenvalue weighted by Crippen LogP contribution is 2.29. The van der Waals surface area contributed by atoms with Crippen LogP contribution in [-0.4, -0.2) is 10.1 Å². The fourth-order valence-electron chi connectivity index (χ4n) is 2.42. The van der Waals surface area contributed by atoms with Crippen LogP contribution in [0.25, 0.3) is 10.8 Å². The molecular formula is C17H15ClN2O. The minimum Gasteiger partial charge on any atom is -0.508 e. The van der Waals surface area contributed by atoms with Gasteiger partial charge < -0.3 is 10.4 Å². The summed E-state index contributed by atoms with van der Waals surface area (Å²) >= 11 is 6.12. The first-order valence-electron chi connectivity index (χ1n) is 6.71. The number of phenols is 1. The summed E-state index contributed by atoms with van der Waals surface area (Å²) in [5.74, 6) is 0.277. The molecule has 0 radical (unpaired) electrons. The Morgan fingerprint density at radius 1 is 1.14 bits per heavy atom. The van der Waals surface area contributed by atoms with Crippen LogP contribution < -0.4 is 5.32 Å². The van der Waals surface area contributed by atoms with E-state index >= 15 is 0 Å². The topological polar surface area (TPSA) is 45.2 Å². The molecule has 21 heavy (non-hydrogen) atoms. The Balaban J connectivity index is 1.97. The zero-order chi connectivity index (χ0) is 14.8. The summed E-state index contributed by atoms with van der Waals surface area (Å²) < 4.78 is 0. The molecule has 0 aliphatic rings. The molecule has 3 aromatic rings. The minimum absolute atomic E-state index is 0.277. The van der Waals surface area contributed by atoms with Gasteiger partial charge in [-0.3, -0.25) is 0 Å². The molecule has 4 heteroatoms. The van der Waals surface area contributed by atoms with E-state index in [-0.39, 0.29) is 5.75 Å². The van der Waals surface area contributed by atoms with Crippen molar-refractivity contribution in [3.8, 4) is 5.75 Å². The van der Waals surface area contributed by atoms with E-state index in [1.807, 2.05) is 43.3 Å². The number of fused-ring (bicyclic) bond motifs is 1. The van der Waals surface area contributed by atoms with Crippen molar-refractivity contribution >= 4 is 28.1 Å². The van der Waals surface area contributed by atoms with Crippen molar-refractivity contribution < 1.29 is 5.11 Å². The van der Waals surface area contributed by atoms with Crippen LogP contribution in [0.3, 0.4) is 0 Å². The predicted molar refractivity (Wildman–Crippen MR) is 86.9 cm³/mol. The van der Waals surface area contributed by atoms with Crippen LogP contribution in [0.5, 0.6) is 5.75 Å². The van der Waals surface area contributed by atoms with E-state index in [9.17, 15) is 5.11 Å². The van der Waals surface area contributed by atoms with Gasteiger partial charge in [0, 0.05) is 18.3 Å². The van der Waals surface area contributed by atoms with Gasteiger partial charge >= 0.3 is 0 Å². The maximum Gasteiger partial charge on any atom is 0.152 e. The van der Waals surface area contributed by atoms with Crippen LogP contribution in [0.4, 0.5) is 5.69 Å². The molecule has 0 unspecified atom stereocenters. The number of halogens is 1. The number of rotatable bonds is 3. The first-order chi connectivity index (χ1) is 10.2. The summed E-state index contributed by atoms with van der Waals surface area (Å²) in [6, 6.07) is 13.5. The number of aromatic nitrogens is 1. The number of aromatic hydroxyl groups is 1.